The van der Waals surface area contributed by atoms with E-state index in [4.69, 9.17) is 4.74 Å². The third kappa shape index (κ3) is 29.4. The summed E-state index contributed by atoms with van der Waals surface area (Å²) in [6, 6.07) is 0. The van der Waals surface area contributed by atoms with Crippen molar-refractivity contribution in [2.24, 2.45) is 0 Å². The summed E-state index contributed by atoms with van der Waals surface area (Å²) in [4.78, 5) is 16.7. The number of nitrogens with one attached hydrogen (secondary N) is 2. The topological polar surface area (TPSA) is 56.8 Å². The third-order valence-electron chi connectivity index (χ3n) is 6.03. The molecule has 0 saturated heterocycles. The molecule has 36 heavy (non-hydrogen) atoms. The minimum Gasteiger partial charge on any atom is -0.444 e. The quantitative estimate of drug-likeness (QED) is 0.151. The smallest absolute Gasteiger partial charge is 0.407 e. The molecule has 0 aromatic heterocycles. The first-order valence-electron chi connectivity index (χ1n) is 15.3. The van der Waals surface area contributed by atoms with Crippen LogP contribution in [0, 0.1) is 0 Å². The maximum Gasteiger partial charge on any atom is 0.407 e. The highest BCUT2D eigenvalue weighted by molar-refractivity contribution is 5.67. The first-order valence-corrected chi connectivity index (χ1v) is 15.3. The van der Waals surface area contributed by atoms with Crippen LogP contribution in [-0.2, 0) is 4.74 Å². The molecular formula is C30H66N4O2. The minimum absolute atomic E-state index is 0.314. The Bertz CT molecular complexity index is 423. The molecular weight excluding hydrogens is 448 g/mol. The van der Waals surface area contributed by atoms with Crippen molar-refractivity contribution in [3.63, 3.8) is 0 Å². The molecule has 1 amide bonds. The Kier molecular flexibility index (Phi) is 28.2. The molecule has 0 heterocycles. The van der Waals surface area contributed by atoms with Gasteiger partial charge in [-0.1, -0.05) is 66.2 Å². The molecule has 0 unspecified atom stereocenters. The van der Waals surface area contributed by atoms with Gasteiger partial charge in [0.15, 0.2) is 0 Å². The highest BCUT2D eigenvalue weighted by Crippen LogP contribution is 2.06. The summed E-state index contributed by atoms with van der Waals surface area (Å²) in [5, 5.41) is 6.05. The molecule has 218 valence electrons. The van der Waals surface area contributed by atoms with Gasteiger partial charge in [-0.25, -0.2) is 4.79 Å². The van der Waals surface area contributed by atoms with Gasteiger partial charge in [0.2, 0.25) is 0 Å². The van der Waals surface area contributed by atoms with Crippen LogP contribution in [0.1, 0.15) is 126 Å². The molecule has 0 rings (SSSR count). The van der Waals surface area contributed by atoms with E-state index in [9.17, 15) is 4.79 Å². The van der Waals surface area contributed by atoms with Crippen LogP contribution in [0.15, 0.2) is 0 Å². The summed E-state index contributed by atoms with van der Waals surface area (Å²) in [5.74, 6) is 0. The Morgan fingerprint density at radius 1 is 0.611 bits per heavy atom. The van der Waals surface area contributed by atoms with E-state index in [2.05, 4.69) is 48.1 Å². The van der Waals surface area contributed by atoms with Crippen LogP contribution in [0.4, 0.5) is 4.79 Å². The van der Waals surface area contributed by atoms with Crippen LogP contribution in [0.25, 0.3) is 0 Å². The van der Waals surface area contributed by atoms with Crippen molar-refractivity contribution in [1.82, 2.24) is 20.4 Å². The lowest BCUT2D eigenvalue weighted by Crippen LogP contribution is -2.35. The van der Waals surface area contributed by atoms with Crippen LogP contribution in [0.3, 0.4) is 0 Å². The number of nitrogens with zero attached hydrogens (tertiary/aromatic N) is 2. The fourth-order valence-corrected chi connectivity index (χ4v) is 3.89. The Morgan fingerprint density at radius 2 is 1.00 bits per heavy atom. The van der Waals surface area contributed by atoms with Crippen LogP contribution < -0.4 is 10.6 Å². The van der Waals surface area contributed by atoms with Gasteiger partial charge in [-0.2, -0.15) is 0 Å². The normalized spacial score (nSPS) is 11.5. The lowest BCUT2D eigenvalue weighted by Gasteiger charge is -2.22. The van der Waals surface area contributed by atoms with Crippen molar-refractivity contribution in [2.75, 3.05) is 59.4 Å². The number of hydrogen-bond acceptors (Lipinski definition) is 5. The molecule has 6 nitrogen and oxygen atoms in total. The standard InChI is InChI=1S/C16H34N2O2.C14H32N2/c1-6-8-12-18(13-9-7-2)14-10-11-17-15(19)20-16(3,4)5;1-4-6-8-12-16(13-9-7-5-2)14-10-11-15-3/h6-14H2,1-5H3,(H,17,19);15H,4-14H2,1-3H3. The molecule has 0 aromatic rings. The van der Waals surface area contributed by atoms with Crippen LogP contribution in [0.2, 0.25) is 0 Å². The Morgan fingerprint density at radius 3 is 1.39 bits per heavy atom. The molecule has 0 fully saturated rings. The summed E-state index contributed by atoms with van der Waals surface area (Å²) in [6.07, 6.45) is 15.1. The zero-order chi connectivity index (χ0) is 27.5. The van der Waals surface area contributed by atoms with Crippen molar-refractivity contribution < 1.29 is 9.53 Å². The van der Waals surface area contributed by atoms with Gasteiger partial charge in [0.1, 0.15) is 5.60 Å². The van der Waals surface area contributed by atoms with Crippen molar-refractivity contribution in [1.29, 1.82) is 0 Å². The molecule has 0 aliphatic carbocycles. The Hall–Kier alpha value is -0.850. The predicted octanol–water partition coefficient (Wildman–Crippen LogP) is 7.08. The summed E-state index contributed by atoms with van der Waals surface area (Å²) < 4.78 is 5.21. The largest absolute Gasteiger partial charge is 0.444 e. The van der Waals surface area contributed by atoms with Crippen molar-refractivity contribution in [3.05, 3.63) is 0 Å². The fourth-order valence-electron chi connectivity index (χ4n) is 3.89. The molecule has 0 atom stereocenters. The van der Waals surface area contributed by atoms with E-state index in [1.807, 2.05) is 27.8 Å². The summed E-state index contributed by atoms with van der Waals surface area (Å²) in [6.45, 7) is 23.8. The molecule has 0 radical (unpaired) electrons. The van der Waals surface area contributed by atoms with E-state index in [1.165, 1.54) is 103 Å². The van der Waals surface area contributed by atoms with Crippen molar-refractivity contribution >= 4 is 6.09 Å². The maximum atomic E-state index is 11.5. The number of carbonyl (C=O) groups excluding carboxylic acids is 1. The fraction of sp³-hybridized carbons (Fsp3) is 0.967. The van der Waals surface area contributed by atoms with Gasteiger partial charge in [0, 0.05) is 6.54 Å². The summed E-state index contributed by atoms with van der Waals surface area (Å²) in [7, 11) is 2.04. The first kappa shape index (κ1) is 37.3. The molecule has 0 bridgehead atoms. The summed E-state index contributed by atoms with van der Waals surface area (Å²) in [5.41, 5.74) is -0.418. The molecule has 0 aliphatic rings. The second kappa shape index (κ2) is 27.2. The first-order chi connectivity index (χ1) is 17.2. The lowest BCUT2D eigenvalue weighted by molar-refractivity contribution is 0.0525. The van der Waals surface area contributed by atoms with Crippen LogP contribution in [0.5, 0.6) is 0 Å². The van der Waals surface area contributed by atoms with Gasteiger partial charge in [-0.3, -0.25) is 0 Å². The molecule has 0 aliphatic heterocycles. The van der Waals surface area contributed by atoms with E-state index in [0.29, 0.717) is 6.54 Å². The van der Waals surface area contributed by atoms with Gasteiger partial charge >= 0.3 is 6.09 Å². The van der Waals surface area contributed by atoms with E-state index < -0.39 is 5.60 Å². The average Bonchev–Trinajstić information content (AvgIpc) is 2.82. The van der Waals surface area contributed by atoms with Crippen LogP contribution >= 0.6 is 0 Å². The summed E-state index contributed by atoms with van der Waals surface area (Å²) >= 11 is 0. The third-order valence-corrected chi connectivity index (χ3v) is 6.03. The number of hydrogen-bond donors (Lipinski definition) is 2. The number of ether oxygens (including phenoxy) is 1. The zero-order valence-electron chi connectivity index (χ0n) is 25.9. The molecule has 6 heteroatoms. The van der Waals surface area contributed by atoms with Crippen molar-refractivity contribution in [3.8, 4) is 0 Å². The second-order valence-electron chi connectivity index (χ2n) is 11.0. The van der Waals surface area contributed by atoms with E-state index in [0.717, 1.165) is 19.5 Å². The van der Waals surface area contributed by atoms with Gasteiger partial charge in [0.25, 0.3) is 0 Å². The number of amides is 1. The Labute approximate surface area is 226 Å². The monoisotopic (exact) mass is 515 g/mol. The van der Waals surface area contributed by atoms with E-state index in [1.54, 1.807) is 0 Å². The van der Waals surface area contributed by atoms with Gasteiger partial charge in [-0.15, -0.1) is 0 Å². The average molecular weight is 515 g/mol. The second-order valence-corrected chi connectivity index (χ2v) is 11.0. The highest BCUT2D eigenvalue weighted by Gasteiger charge is 2.15. The lowest BCUT2D eigenvalue weighted by atomic mass is 10.2. The zero-order valence-corrected chi connectivity index (χ0v) is 25.9. The SMILES string of the molecule is CCCCCN(CCCCC)CCCNC.CCCCN(CCCC)CCCNC(=O)OC(C)(C)C. The molecule has 0 spiro atoms. The molecule has 0 aromatic carbocycles. The number of alkyl carbamates (subject to hydrolysis) is 1. The molecule has 0 saturated carbocycles. The van der Waals surface area contributed by atoms with Gasteiger partial charge in [0.05, 0.1) is 0 Å². The highest BCUT2D eigenvalue weighted by atomic mass is 16.6. The number of carbonyl (C=O) groups is 1. The van der Waals surface area contributed by atoms with Gasteiger partial charge in [-0.05, 0) is 112 Å². The number of rotatable bonds is 22. The molecule has 2 N–H and O–H groups in total. The minimum atomic E-state index is -0.418. The van der Waals surface area contributed by atoms with E-state index >= 15 is 0 Å². The van der Waals surface area contributed by atoms with E-state index in [-0.39, 0.29) is 6.09 Å². The van der Waals surface area contributed by atoms with Gasteiger partial charge < -0.3 is 25.2 Å². The Balaban J connectivity index is 0. The van der Waals surface area contributed by atoms with Crippen LogP contribution in [-0.4, -0.2) is 80.9 Å². The predicted molar refractivity (Wildman–Crippen MR) is 159 cm³/mol. The van der Waals surface area contributed by atoms with Crippen molar-refractivity contribution in [2.45, 2.75) is 131 Å². The number of unbranched alkanes of at least 4 members (excludes halogenated alkanes) is 6. The maximum absolute atomic E-state index is 11.5.